The zero-order valence-electron chi connectivity index (χ0n) is 10.6. The average molecular weight is 684 g/mol. The maximum atomic E-state index is 12.1. The second kappa shape index (κ2) is 6.28. The molecule has 0 saturated heterocycles. The second-order valence-electron chi connectivity index (χ2n) is 5.64. The molecule has 10 heteroatoms. The van der Waals surface area contributed by atoms with Gasteiger partial charge in [-0.1, -0.05) is 0 Å². The molecule has 2 N–H and O–H groups in total. The average Bonchev–Trinajstić information content (AvgIpc) is 2.81. The molecule has 21 heavy (non-hydrogen) atoms. The molecule has 0 atom stereocenters. The minimum atomic E-state index is -0.949. The van der Waals surface area contributed by atoms with Gasteiger partial charge in [0.25, 0.3) is 11.8 Å². The molecule has 2 aliphatic carbocycles. The highest BCUT2D eigenvalue weighted by atomic mass is 80.0. The van der Waals surface area contributed by atoms with Gasteiger partial charge in [-0.15, -0.1) is 0 Å². The van der Waals surface area contributed by atoms with E-state index >= 15 is 0 Å². The van der Waals surface area contributed by atoms with Crippen LogP contribution in [-0.4, -0.2) is 27.2 Å². The quantitative estimate of drug-likeness (QED) is 0.426. The topological polar surface area (TPSA) is 58.2 Å². The van der Waals surface area contributed by atoms with Gasteiger partial charge in [-0.25, -0.2) is 0 Å². The highest BCUT2D eigenvalue weighted by molar-refractivity contribution is 9.40. The number of alkyl halides is 6. The van der Waals surface area contributed by atoms with Crippen molar-refractivity contribution in [3.05, 3.63) is 0 Å². The fourth-order valence-electron chi connectivity index (χ4n) is 3.17. The van der Waals surface area contributed by atoms with Crippen molar-refractivity contribution in [1.29, 1.82) is 0 Å². The number of hydrogen-bond acceptors (Lipinski definition) is 2. The van der Waals surface area contributed by atoms with E-state index in [2.05, 4.69) is 106 Å². The van der Waals surface area contributed by atoms with Gasteiger partial charge in [-0.05, 0) is 128 Å². The van der Waals surface area contributed by atoms with Crippen molar-refractivity contribution in [3.63, 3.8) is 0 Å². The van der Waals surface area contributed by atoms with Crippen LogP contribution < -0.4 is 10.6 Å². The number of nitrogens with one attached hydrogen (secondary N) is 2. The predicted octanol–water partition coefficient (Wildman–Crippen LogP) is 4.35. The molecular weight excluding hydrogens is 672 g/mol. The van der Waals surface area contributed by atoms with Gasteiger partial charge in [0.1, 0.15) is 0 Å². The minimum absolute atomic E-state index is 0.164. The lowest BCUT2D eigenvalue weighted by molar-refractivity contribution is -0.122. The van der Waals surface area contributed by atoms with Crippen molar-refractivity contribution >= 4 is 107 Å². The van der Waals surface area contributed by atoms with Crippen LogP contribution in [0, 0.1) is 0 Å². The van der Waals surface area contributed by atoms with E-state index in [0.717, 1.165) is 32.1 Å². The summed E-state index contributed by atoms with van der Waals surface area (Å²) in [6.45, 7) is 0. The van der Waals surface area contributed by atoms with E-state index in [1.807, 2.05) is 0 Å². The van der Waals surface area contributed by atoms with Crippen LogP contribution in [0.2, 0.25) is 0 Å². The molecule has 0 aromatic carbocycles. The van der Waals surface area contributed by atoms with Gasteiger partial charge >= 0.3 is 0 Å². The molecule has 0 aliphatic heterocycles. The van der Waals surface area contributed by atoms with Crippen molar-refractivity contribution in [2.24, 2.45) is 0 Å². The molecule has 2 fully saturated rings. The first-order valence-corrected chi connectivity index (χ1v) is 10.9. The Morgan fingerprint density at radius 1 is 0.714 bits per heavy atom. The third kappa shape index (κ3) is 4.46. The molecule has 0 aromatic rings. The summed E-state index contributed by atoms with van der Waals surface area (Å²) in [5, 5.41) is 6.19. The third-order valence-electron chi connectivity index (χ3n) is 4.11. The monoisotopic (exact) mass is 678 g/mol. The normalized spacial score (nSPS) is 32.1. The van der Waals surface area contributed by atoms with Crippen LogP contribution in [0.1, 0.15) is 32.1 Å². The molecule has 120 valence electrons. The van der Waals surface area contributed by atoms with Gasteiger partial charge in [0.15, 0.2) is 0 Å². The Morgan fingerprint density at radius 3 is 1.24 bits per heavy atom. The Labute approximate surface area is 173 Å². The van der Waals surface area contributed by atoms with Crippen LogP contribution in [0.5, 0.6) is 0 Å². The summed E-state index contributed by atoms with van der Waals surface area (Å²) >= 11 is 19.4. The van der Waals surface area contributed by atoms with Crippen molar-refractivity contribution < 1.29 is 9.59 Å². The van der Waals surface area contributed by atoms with E-state index in [1.54, 1.807) is 0 Å². The predicted molar refractivity (Wildman–Crippen MR) is 104 cm³/mol. The van der Waals surface area contributed by atoms with Gasteiger partial charge in [0, 0.05) is 11.1 Å². The van der Waals surface area contributed by atoms with Gasteiger partial charge in [-0.3, -0.25) is 9.59 Å². The summed E-state index contributed by atoms with van der Waals surface area (Å²) in [5.74, 6) is -0.329. The van der Waals surface area contributed by atoms with E-state index in [4.69, 9.17) is 0 Å². The summed E-state index contributed by atoms with van der Waals surface area (Å²) in [6, 6.07) is 0. The Hall–Kier alpha value is 1.82. The van der Waals surface area contributed by atoms with Gasteiger partial charge < -0.3 is 10.6 Å². The number of hydrogen-bond donors (Lipinski definition) is 2. The minimum Gasteiger partial charge on any atom is -0.348 e. The maximum absolute atomic E-state index is 12.1. The fourth-order valence-corrected chi connectivity index (χ4v) is 3.76. The van der Waals surface area contributed by atoms with Gasteiger partial charge in [0.05, 0.1) is 0 Å². The molecule has 0 heterocycles. The molecule has 2 rings (SSSR count). The molecule has 2 saturated carbocycles. The summed E-state index contributed by atoms with van der Waals surface area (Å²) in [7, 11) is 0. The Balaban J connectivity index is 2.04. The molecule has 2 bridgehead atoms. The maximum Gasteiger partial charge on any atom is 0.259 e. The molecule has 0 radical (unpaired) electrons. The van der Waals surface area contributed by atoms with Gasteiger partial charge in [0.2, 0.25) is 4.29 Å². The van der Waals surface area contributed by atoms with Crippen LogP contribution in [0.4, 0.5) is 0 Å². The zero-order chi connectivity index (χ0) is 16.1. The molecule has 4 nitrogen and oxygen atoms in total. The number of halogens is 6. The standard InChI is InChI=1S/C11H12Br6N2O2/c12-10(13,14)6(20)18-8-1-2-9(5-8,4-3-8)19-7(21)11(15,16)17/h1-5H2,(H,18,20)(H,19,21). The number of carbonyl (C=O) groups excluding carboxylic acids is 2. The first-order chi connectivity index (χ1) is 9.38. The van der Waals surface area contributed by atoms with E-state index < -0.39 is 4.29 Å². The van der Waals surface area contributed by atoms with Crippen LogP contribution in [0.25, 0.3) is 0 Å². The smallest absolute Gasteiger partial charge is 0.259 e. The SMILES string of the molecule is O=C(NC12CCC(NC(=O)C(Br)(Br)Br)(CC1)C2)C(Br)(Br)Br. The molecule has 2 aliphatic rings. The Kier molecular flexibility index (Phi) is 5.72. The summed E-state index contributed by atoms with van der Waals surface area (Å²) in [4.78, 5) is 24.3. The van der Waals surface area contributed by atoms with Crippen molar-refractivity contribution in [1.82, 2.24) is 10.6 Å². The lowest BCUT2D eigenvalue weighted by Gasteiger charge is -2.30. The zero-order valence-corrected chi connectivity index (χ0v) is 20.1. The Morgan fingerprint density at radius 2 is 1.00 bits per heavy atom. The number of fused-ring (bicyclic) bond motifs is 2. The number of amides is 2. The molecular formula is C11H12Br6N2O2. The highest BCUT2D eigenvalue weighted by Crippen LogP contribution is 2.52. The summed E-state index contributed by atoms with van der Waals surface area (Å²) in [6.07, 6.45) is 4.21. The van der Waals surface area contributed by atoms with E-state index in [9.17, 15) is 9.59 Å². The van der Waals surface area contributed by atoms with E-state index in [1.165, 1.54) is 0 Å². The largest absolute Gasteiger partial charge is 0.348 e. The van der Waals surface area contributed by atoms with E-state index in [-0.39, 0.29) is 22.9 Å². The number of carbonyl (C=O) groups is 2. The van der Waals surface area contributed by atoms with Crippen molar-refractivity contribution in [2.75, 3.05) is 0 Å². The van der Waals surface area contributed by atoms with Crippen LogP contribution in [0.15, 0.2) is 0 Å². The second-order valence-corrected chi connectivity index (χ2v) is 19.2. The molecule has 0 unspecified atom stereocenters. The lowest BCUT2D eigenvalue weighted by Crippen LogP contribution is -2.50. The first kappa shape index (κ1) is 19.1. The summed E-state index contributed by atoms with van der Waals surface area (Å²) in [5.41, 5.74) is -0.475. The van der Waals surface area contributed by atoms with Gasteiger partial charge in [-0.2, -0.15) is 0 Å². The first-order valence-electron chi connectivity index (χ1n) is 6.16. The molecule has 2 amide bonds. The van der Waals surface area contributed by atoms with Crippen LogP contribution in [0.3, 0.4) is 0 Å². The number of rotatable bonds is 2. The van der Waals surface area contributed by atoms with Crippen molar-refractivity contribution in [2.45, 2.75) is 47.5 Å². The third-order valence-corrected chi connectivity index (χ3v) is 6.27. The Bertz CT molecular complexity index is 420. The fraction of sp³-hybridized carbons (Fsp3) is 0.818. The summed E-state index contributed by atoms with van der Waals surface area (Å²) < 4.78 is -1.90. The lowest BCUT2D eigenvalue weighted by atomic mass is 9.91. The molecule has 0 spiro atoms. The van der Waals surface area contributed by atoms with E-state index in [0.29, 0.717) is 0 Å². The van der Waals surface area contributed by atoms with Crippen LogP contribution >= 0.6 is 95.6 Å². The molecule has 0 aromatic heterocycles. The van der Waals surface area contributed by atoms with Crippen molar-refractivity contribution in [3.8, 4) is 0 Å². The highest BCUT2D eigenvalue weighted by Gasteiger charge is 2.57. The van der Waals surface area contributed by atoms with Crippen LogP contribution in [-0.2, 0) is 9.59 Å².